The average molecular weight is 533 g/mol. The number of rotatable bonds is 4. The smallest absolute Gasteiger partial charge is 0.251 e. The molecule has 1 aromatic rings. The summed E-state index contributed by atoms with van der Waals surface area (Å²) in [4.78, 5) is 0. The second-order valence-corrected chi connectivity index (χ2v) is 11.7. The zero-order valence-electron chi connectivity index (χ0n) is 15.0. The first-order valence-corrected chi connectivity index (χ1v) is 11.7. The number of nitrogens with zero attached hydrogens (tertiary/aromatic N) is 1. The Labute approximate surface area is 170 Å². The summed E-state index contributed by atoms with van der Waals surface area (Å²) in [5.74, 6) is 0. The minimum atomic E-state index is -8.02. The Morgan fingerprint density at radius 2 is 1.10 bits per heavy atom. The minimum Gasteiger partial charge on any atom is -0.251 e. The first kappa shape index (κ1) is 29.4. The highest BCUT2D eigenvalue weighted by Gasteiger charge is 2.63. The highest BCUT2D eigenvalue weighted by Crippen LogP contribution is 2.47. The van der Waals surface area contributed by atoms with Gasteiger partial charge in [0.2, 0.25) is 0 Å². The van der Waals surface area contributed by atoms with E-state index in [0.29, 0.717) is 0 Å². The maximum absolute atomic E-state index is 12.0. The average Bonchev–Trinajstić information content (AvgIpc) is 2.51. The van der Waals surface area contributed by atoms with E-state index < -0.39 is 50.0 Å². The van der Waals surface area contributed by atoms with E-state index in [9.17, 15) is 64.8 Å². The third-order valence-electron chi connectivity index (χ3n) is 2.94. The summed E-state index contributed by atoms with van der Waals surface area (Å²) in [5.41, 5.74) is -19.9. The lowest BCUT2D eigenvalue weighted by Gasteiger charge is -2.31. The van der Waals surface area contributed by atoms with Crippen molar-refractivity contribution in [1.29, 1.82) is 0 Å². The van der Waals surface area contributed by atoms with Crippen LogP contribution in [-0.4, -0.2) is 41.8 Å². The van der Waals surface area contributed by atoms with Gasteiger partial charge in [0.05, 0.1) is 3.91 Å². The molecule has 0 amide bonds. The lowest BCUT2D eigenvalue weighted by Crippen LogP contribution is -2.47. The van der Waals surface area contributed by atoms with Crippen LogP contribution in [0.25, 0.3) is 0 Å². The highest BCUT2D eigenvalue weighted by molar-refractivity contribution is 8.29. The zero-order chi connectivity index (χ0) is 25.3. The molecular formula is C12H12F9NO6S3. The molecule has 0 bridgehead atoms. The van der Waals surface area contributed by atoms with E-state index in [1.54, 1.807) is 0 Å². The molecule has 1 rings (SSSR count). The first-order valence-electron chi connectivity index (χ1n) is 7.21. The van der Waals surface area contributed by atoms with Crippen LogP contribution in [0.5, 0.6) is 0 Å². The fraction of sp³-hybridized carbons (Fsp3) is 0.500. The Morgan fingerprint density at radius 3 is 1.29 bits per heavy atom. The van der Waals surface area contributed by atoms with E-state index in [1.165, 1.54) is 5.56 Å². The van der Waals surface area contributed by atoms with Gasteiger partial charge in [-0.2, -0.15) is 39.5 Å². The molecule has 0 N–H and O–H groups in total. The third kappa shape index (κ3) is 6.43. The molecule has 0 aliphatic heterocycles. The normalized spacial score (nSPS) is 14.2. The Balaban J connectivity index is 0.000000823. The van der Waals surface area contributed by atoms with Crippen molar-refractivity contribution in [2.24, 2.45) is 0 Å². The van der Waals surface area contributed by atoms with Gasteiger partial charge < -0.3 is 0 Å². The van der Waals surface area contributed by atoms with Crippen LogP contribution in [-0.2, 0) is 36.1 Å². The van der Waals surface area contributed by atoms with Crippen molar-refractivity contribution in [2.75, 3.05) is 0 Å². The van der Waals surface area contributed by atoms with Gasteiger partial charge in [0.25, 0.3) is 0 Å². The van der Waals surface area contributed by atoms with Crippen LogP contribution in [0.4, 0.5) is 39.5 Å². The van der Waals surface area contributed by atoms with Gasteiger partial charge in [-0.25, -0.2) is 4.57 Å². The largest absolute Gasteiger partial charge is 0.470 e. The standard InChI is InChI=1S/C8H12N.C4F9O6S3/c1-3-9-6-4-5-8(2)7-9;5-2(6,7)20(14,15)1(21(16,17)3(8,9)10)22(18,19)4(11,12)13/h4-7H,3H2,1-2H3;/q+1;-1. The number of hydrogen-bond donors (Lipinski definition) is 0. The summed E-state index contributed by atoms with van der Waals surface area (Å²) in [6, 6.07) is 4.17. The Kier molecular flexibility index (Phi) is 8.61. The van der Waals surface area contributed by atoms with Crippen LogP contribution >= 0.6 is 0 Å². The molecule has 0 unspecified atom stereocenters. The molecule has 0 fully saturated rings. The summed E-state index contributed by atoms with van der Waals surface area (Å²) in [7, 11) is -24.1. The van der Waals surface area contributed by atoms with Crippen molar-refractivity contribution < 1.29 is 69.3 Å². The van der Waals surface area contributed by atoms with Crippen LogP contribution in [0.1, 0.15) is 12.5 Å². The van der Waals surface area contributed by atoms with Gasteiger partial charge in [0.1, 0.15) is 6.54 Å². The fourth-order valence-corrected chi connectivity index (χ4v) is 7.30. The number of hydrogen-bond acceptors (Lipinski definition) is 6. The molecule has 1 aromatic heterocycles. The van der Waals surface area contributed by atoms with Crippen LogP contribution in [0.2, 0.25) is 0 Å². The van der Waals surface area contributed by atoms with Gasteiger partial charge in [-0.05, 0) is 19.9 Å². The number of halogens is 9. The van der Waals surface area contributed by atoms with Crippen molar-refractivity contribution in [1.82, 2.24) is 0 Å². The van der Waals surface area contributed by atoms with Gasteiger partial charge in [-0.15, -0.1) is 0 Å². The maximum Gasteiger partial charge on any atom is 0.470 e. The molecule has 19 heteroatoms. The van der Waals surface area contributed by atoms with Crippen molar-refractivity contribution in [3.05, 3.63) is 34.0 Å². The van der Waals surface area contributed by atoms with Crippen LogP contribution in [0.15, 0.2) is 24.5 Å². The summed E-state index contributed by atoms with van der Waals surface area (Å²) in [5, 5.41) is 0. The molecule has 0 spiro atoms. The van der Waals surface area contributed by atoms with Crippen molar-refractivity contribution in [3.8, 4) is 0 Å². The van der Waals surface area contributed by atoms with Crippen molar-refractivity contribution in [2.45, 2.75) is 36.9 Å². The number of sulfone groups is 3. The molecule has 1 heterocycles. The second kappa shape index (κ2) is 9.08. The predicted molar refractivity (Wildman–Crippen MR) is 85.2 cm³/mol. The van der Waals surface area contributed by atoms with Gasteiger partial charge in [0.15, 0.2) is 41.9 Å². The summed E-state index contributed by atoms with van der Waals surface area (Å²) in [6.45, 7) is 5.30. The molecule has 0 saturated carbocycles. The topological polar surface area (TPSA) is 106 Å². The second-order valence-electron chi connectivity index (χ2n) is 5.31. The summed E-state index contributed by atoms with van der Waals surface area (Å²) in [6.07, 6.45) is 4.22. The lowest BCUT2D eigenvalue weighted by atomic mass is 10.3. The van der Waals surface area contributed by atoms with Gasteiger partial charge in [-0.3, -0.25) is 25.3 Å². The lowest BCUT2D eigenvalue weighted by molar-refractivity contribution is -0.693. The van der Waals surface area contributed by atoms with Crippen molar-refractivity contribution in [3.63, 3.8) is 0 Å². The first-order chi connectivity index (χ1) is 13.4. The van der Waals surface area contributed by atoms with Crippen LogP contribution < -0.4 is 4.57 Å². The summed E-state index contributed by atoms with van der Waals surface area (Å²) < 4.78 is 170. The van der Waals surface area contributed by atoms with Crippen LogP contribution in [0, 0.1) is 10.8 Å². The van der Waals surface area contributed by atoms with E-state index in [4.69, 9.17) is 0 Å². The molecule has 182 valence electrons. The van der Waals surface area contributed by atoms with Gasteiger partial charge in [-0.1, -0.05) is 0 Å². The van der Waals surface area contributed by atoms with E-state index in [1.807, 2.05) is 0 Å². The third-order valence-corrected chi connectivity index (χ3v) is 10.0. The molecule has 0 radical (unpaired) electrons. The molecule has 7 nitrogen and oxygen atoms in total. The Hall–Kier alpha value is -1.63. The molecule has 0 saturated heterocycles. The fourth-order valence-electron chi connectivity index (χ4n) is 1.57. The highest BCUT2D eigenvalue weighted by atomic mass is 32.3. The molecule has 0 aliphatic rings. The van der Waals surface area contributed by atoms with Gasteiger partial charge in [0, 0.05) is 11.6 Å². The van der Waals surface area contributed by atoms with Gasteiger partial charge >= 0.3 is 16.5 Å². The number of aryl methyl sites for hydroxylation is 2. The molecule has 0 aliphatic carbocycles. The quantitative estimate of drug-likeness (QED) is 0.335. The van der Waals surface area contributed by atoms with E-state index in [2.05, 4.69) is 42.9 Å². The van der Waals surface area contributed by atoms with E-state index in [0.717, 1.165) is 6.54 Å². The zero-order valence-corrected chi connectivity index (χ0v) is 17.5. The number of alkyl halides is 9. The van der Waals surface area contributed by atoms with E-state index >= 15 is 0 Å². The monoisotopic (exact) mass is 533 g/mol. The molecular weight excluding hydrogens is 521 g/mol. The molecule has 31 heavy (non-hydrogen) atoms. The SMILES string of the molecule is CC[n+]1cccc(C)c1.O=S(=O)([C-](S(=O)(=O)C(F)(F)F)S(=O)(=O)C(F)(F)F)C(F)(F)F. The summed E-state index contributed by atoms with van der Waals surface area (Å²) >= 11 is 0. The Bertz CT molecular complexity index is 983. The Morgan fingerprint density at radius 1 is 0.774 bits per heavy atom. The molecule has 0 atom stereocenters. The number of aromatic nitrogens is 1. The van der Waals surface area contributed by atoms with Crippen LogP contribution in [0.3, 0.4) is 0 Å². The maximum atomic E-state index is 12.0. The predicted octanol–water partition coefficient (Wildman–Crippen LogP) is 2.54. The number of pyridine rings is 1. The molecule has 0 aromatic carbocycles. The minimum absolute atomic E-state index is 1.06. The van der Waals surface area contributed by atoms with E-state index in [-0.39, 0.29) is 0 Å². The van der Waals surface area contributed by atoms with Crippen molar-refractivity contribution >= 4 is 29.5 Å².